The molecule has 0 aromatic heterocycles. The first-order chi connectivity index (χ1) is 7.97. The summed E-state index contributed by atoms with van der Waals surface area (Å²) in [6.07, 6.45) is 1.89. The van der Waals surface area contributed by atoms with Gasteiger partial charge in [0.25, 0.3) is 5.69 Å². The Balaban J connectivity index is 2.25. The van der Waals surface area contributed by atoms with Gasteiger partial charge in [0.05, 0.1) is 9.95 Å². The number of halogens is 2. The van der Waals surface area contributed by atoms with Crippen LogP contribution in [0.15, 0.2) is 12.1 Å². The van der Waals surface area contributed by atoms with E-state index in [2.05, 4.69) is 12.2 Å². The average molecular weight is 259 g/mol. The van der Waals surface area contributed by atoms with Gasteiger partial charge in [-0.15, -0.1) is 0 Å². The second-order valence-corrected chi connectivity index (χ2v) is 4.87. The highest BCUT2D eigenvalue weighted by Gasteiger charge is 2.28. The Morgan fingerprint density at radius 1 is 1.53 bits per heavy atom. The Morgan fingerprint density at radius 3 is 2.71 bits per heavy atom. The first-order valence-electron chi connectivity index (χ1n) is 5.37. The van der Waals surface area contributed by atoms with Gasteiger partial charge in [-0.3, -0.25) is 10.1 Å². The lowest BCUT2D eigenvalue weighted by atomic mass is 9.82. The van der Waals surface area contributed by atoms with Crippen LogP contribution in [0.2, 0.25) is 5.02 Å². The molecule has 0 heterocycles. The molecule has 0 saturated heterocycles. The van der Waals surface area contributed by atoms with Crippen molar-refractivity contribution in [2.45, 2.75) is 25.8 Å². The van der Waals surface area contributed by atoms with Crippen LogP contribution >= 0.6 is 11.6 Å². The summed E-state index contributed by atoms with van der Waals surface area (Å²) < 4.78 is 13.3. The quantitative estimate of drug-likeness (QED) is 0.666. The van der Waals surface area contributed by atoms with Crippen LogP contribution in [-0.2, 0) is 0 Å². The molecular weight excluding hydrogens is 247 g/mol. The lowest BCUT2D eigenvalue weighted by Gasteiger charge is -2.33. The summed E-state index contributed by atoms with van der Waals surface area (Å²) in [7, 11) is 0. The van der Waals surface area contributed by atoms with Gasteiger partial charge in [0.15, 0.2) is 0 Å². The Labute approximate surface area is 103 Å². The topological polar surface area (TPSA) is 55.2 Å². The molecule has 2 rings (SSSR count). The Bertz CT molecular complexity index is 461. The molecule has 6 heteroatoms. The van der Waals surface area contributed by atoms with E-state index in [9.17, 15) is 14.5 Å². The summed E-state index contributed by atoms with van der Waals surface area (Å²) in [5.74, 6) is -0.0316. The van der Waals surface area contributed by atoms with Gasteiger partial charge in [0.2, 0.25) is 0 Å². The molecule has 1 N–H and O–H groups in total. The van der Waals surface area contributed by atoms with Gasteiger partial charge in [0, 0.05) is 18.2 Å². The fraction of sp³-hybridized carbons (Fsp3) is 0.455. The predicted molar refractivity (Wildman–Crippen MR) is 63.9 cm³/mol. The van der Waals surface area contributed by atoms with Crippen LogP contribution in [0.3, 0.4) is 0 Å². The zero-order valence-corrected chi connectivity index (χ0v) is 10.00. The number of nitrogens with zero attached hydrogens (tertiary/aromatic N) is 1. The molecule has 1 aliphatic carbocycles. The molecule has 0 atom stereocenters. The number of hydrogen-bond acceptors (Lipinski definition) is 3. The minimum Gasteiger partial charge on any atom is -0.377 e. The third-order valence-corrected chi connectivity index (χ3v) is 3.26. The molecule has 17 heavy (non-hydrogen) atoms. The summed E-state index contributed by atoms with van der Waals surface area (Å²) in [4.78, 5) is 10.3. The van der Waals surface area contributed by atoms with E-state index < -0.39 is 10.7 Å². The number of nitro benzene ring substituents is 1. The second-order valence-electron chi connectivity index (χ2n) is 4.46. The van der Waals surface area contributed by atoms with Crippen LogP contribution in [-0.4, -0.2) is 11.0 Å². The van der Waals surface area contributed by atoms with Crippen molar-refractivity contribution in [3.05, 3.63) is 33.1 Å². The van der Waals surface area contributed by atoms with Crippen molar-refractivity contribution in [2.75, 3.05) is 5.32 Å². The van der Waals surface area contributed by atoms with Gasteiger partial charge < -0.3 is 5.32 Å². The lowest BCUT2D eigenvalue weighted by Crippen LogP contribution is -2.34. The molecule has 0 bridgehead atoms. The highest BCUT2D eigenvalue weighted by Crippen LogP contribution is 2.35. The van der Waals surface area contributed by atoms with E-state index >= 15 is 0 Å². The van der Waals surface area contributed by atoms with Gasteiger partial charge in [0.1, 0.15) is 11.5 Å². The molecule has 0 unspecified atom stereocenters. The van der Waals surface area contributed by atoms with Crippen LogP contribution in [0.5, 0.6) is 0 Å². The van der Waals surface area contributed by atoms with Gasteiger partial charge in [-0.05, 0) is 18.8 Å². The van der Waals surface area contributed by atoms with Crippen LogP contribution in [0.4, 0.5) is 15.8 Å². The van der Waals surface area contributed by atoms with Gasteiger partial charge in [-0.25, -0.2) is 4.39 Å². The number of hydrogen-bond donors (Lipinski definition) is 1. The van der Waals surface area contributed by atoms with E-state index in [1.165, 1.54) is 0 Å². The minimum atomic E-state index is -0.646. The van der Waals surface area contributed by atoms with Crippen molar-refractivity contribution in [2.24, 2.45) is 5.92 Å². The number of nitro groups is 1. The number of anilines is 1. The van der Waals surface area contributed by atoms with Crippen LogP contribution in [0.1, 0.15) is 19.8 Å². The molecule has 0 aliphatic heterocycles. The van der Waals surface area contributed by atoms with E-state index in [4.69, 9.17) is 11.6 Å². The molecule has 1 aliphatic rings. The van der Waals surface area contributed by atoms with Crippen molar-refractivity contribution in [1.29, 1.82) is 0 Å². The van der Waals surface area contributed by atoms with Crippen molar-refractivity contribution >= 4 is 23.0 Å². The number of nitrogens with one attached hydrogen (secondary N) is 1. The van der Waals surface area contributed by atoms with E-state index in [0.29, 0.717) is 5.92 Å². The molecular formula is C11H12ClFN2O2. The highest BCUT2D eigenvalue weighted by atomic mass is 35.5. The van der Waals surface area contributed by atoms with Gasteiger partial charge >= 0.3 is 0 Å². The summed E-state index contributed by atoms with van der Waals surface area (Å²) in [6, 6.07) is 2.31. The monoisotopic (exact) mass is 258 g/mol. The molecule has 1 aromatic rings. The van der Waals surface area contributed by atoms with Crippen LogP contribution in [0, 0.1) is 21.8 Å². The van der Waals surface area contributed by atoms with Crippen LogP contribution < -0.4 is 5.32 Å². The molecule has 0 amide bonds. The van der Waals surface area contributed by atoms with Gasteiger partial charge in [-0.2, -0.15) is 0 Å². The maximum atomic E-state index is 13.3. The fourth-order valence-corrected chi connectivity index (χ4v) is 2.20. The first kappa shape index (κ1) is 12.1. The zero-order valence-electron chi connectivity index (χ0n) is 9.24. The Morgan fingerprint density at radius 2 is 2.18 bits per heavy atom. The summed E-state index contributed by atoms with van der Waals surface area (Å²) in [5, 5.41) is 13.6. The van der Waals surface area contributed by atoms with E-state index in [0.717, 1.165) is 25.0 Å². The van der Waals surface area contributed by atoms with Crippen LogP contribution in [0.25, 0.3) is 0 Å². The average Bonchev–Trinajstić information content (AvgIpc) is 2.20. The smallest absolute Gasteiger partial charge is 0.294 e. The summed E-state index contributed by atoms with van der Waals surface area (Å²) in [5.41, 5.74) is 0.0183. The second kappa shape index (κ2) is 4.49. The molecule has 0 radical (unpaired) electrons. The van der Waals surface area contributed by atoms with Gasteiger partial charge in [-0.1, -0.05) is 18.5 Å². The van der Waals surface area contributed by atoms with Crippen molar-refractivity contribution in [3.8, 4) is 0 Å². The standard InChI is InChI=1S/C11H12ClFN2O2/c1-6-2-7(3-6)14-10-5-9(13)8(12)4-11(10)15(16)17/h4-7,14H,2-3H2,1H3. The maximum absolute atomic E-state index is 13.3. The van der Waals surface area contributed by atoms with Crippen molar-refractivity contribution in [1.82, 2.24) is 0 Å². The molecule has 1 aromatic carbocycles. The highest BCUT2D eigenvalue weighted by molar-refractivity contribution is 6.31. The van der Waals surface area contributed by atoms with E-state index in [1.54, 1.807) is 0 Å². The third-order valence-electron chi connectivity index (χ3n) is 2.97. The summed E-state index contributed by atoms with van der Waals surface area (Å²) >= 11 is 5.53. The minimum absolute atomic E-state index is 0.184. The summed E-state index contributed by atoms with van der Waals surface area (Å²) in [6.45, 7) is 2.11. The number of rotatable bonds is 3. The Hall–Kier alpha value is -1.36. The normalized spacial score (nSPS) is 23.0. The zero-order chi connectivity index (χ0) is 12.6. The SMILES string of the molecule is CC1CC(Nc2cc(F)c(Cl)cc2[N+](=O)[O-])C1. The van der Waals surface area contributed by atoms with Crippen molar-refractivity contribution in [3.63, 3.8) is 0 Å². The maximum Gasteiger partial charge on any atom is 0.294 e. The molecule has 1 fully saturated rings. The molecule has 1 saturated carbocycles. The molecule has 4 nitrogen and oxygen atoms in total. The van der Waals surface area contributed by atoms with E-state index in [1.807, 2.05) is 0 Å². The lowest BCUT2D eigenvalue weighted by molar-refractivity contribution is -0.384. The molecule has 92 valence electrons. The molecule has 0 spiro atoms. The fourth-order valence-electron chi connectivity index (χ4n) is 2.04. The number of benzene rings is 1. The Kier molecular flexibility index (Phi) is 3.19. The predicted octanol–water partition coefficient (Wildman–Crippen LogP) is 3.60. The largest absolute Gasteiger partial charge is 0.377 e. The first-order valence-corrected chi connectivity index (χ1v) is 5.75. The third kappa shape index (κ3) is 2.49. The van der Waals surface area contributed by atoms with E-state index in [-0.39, 0.29) is 22.4 Å². The van der Waals surface area contributed by atoms with Crippen molar-refractivity contribution < 1.29 is 9.31 Å².